The van der Waals surface area contributed by atoms with E-state index >= 15 is 0 Å². The van der Waals surface area contributed by atoms with Gasteiger partial charge >= 0.3 is 0 Å². The van der Waals surface area contributed by atoms with Gasteiger partial charge in [-0.05, 0) is 32.9 Å². The van der Waals surface area contributed by atoms with Crippen molar-refractivity contribution < 1.29 is 14.3 Å². The number of aromatic nitrogens is 3. The van der Waals surface area contributed by atoms with E-state index in [1.165, 1.54) is 0 Å². The van der Waals surface area contributed by atoms with E-state index in [0.29, 0.717) is 24.3 Å². The van der Waals surface area contributed by atoms with Crippen molar-refractivity contribution in [2.24, 2.45) is 0 Å². The Morgan fingerprint density at radius 2 is 2.11 bits per heavy atom. The summed E-state index contributed by atoms with van der Waals surface area (Å²) >= 11 is 0. The van der Waals surface area contributed by atoms with Crippen molar-refractivity contribution in [3.63, 3.8) is 0 Å². The van der Waals surface area contributed by atoms with Gasteiger partial charge in [-0.3, -0.25) is 4.79 Å². The van der Waals surface area contributed by atoms with Crippen LogP contribution in [0.3, 0.4) is 0 Å². The van der Waals surface area contributed by atoms with Crippen LogP contribution < -0.4 is 9.47 Å². The Labute approximate surface area is 157 Å². The van der Waals surface area contributed by atoms with Gasteiger partial charge in [0.1, 0.15) is 17.1 Å². The number of fused-ring (bicyclic) bond motifs is 2. The Morgan fingerprint density at radius 3 is 2.89 bits per heavy atom. The van der Waals surface area contributed by atoms with Gasteiger partial charge in [0.15, 0.2) is 5.65 Å². The SMILES string of the molecule is COc1ccc2c(c1)OC(C)(C)CN(C(=O)c1cn3nccc3nc1C)C2. The predicted octanol–water partition coefficient (Wildman–Crippen LogP) is 2.86. The average molecular weight is 366 g/mol. The second-order valence-electron chi connectivity index (χ2n) is 7.37. The molecule has 1 aliphatic heterocycles. The molecule has 0 unspecified atom stereocenters. The molecule has 0 fully saturated rings. The molecular weight excluding hydrogens is 344 g/mol. The van der Waals surface area contributed by atoms with Gasteiger partial charge < -0.3 is 14.4 Å². The topological polar surface area (TPSA) is 69.0 Å². The smallest absolute Gasteiger partial charge is 0.257 e. The van der Waals surface area contributed by atoms with Gasteiger partial charge in [0.05, 0.1) is 31.1 Å². The first kappa shape index (κ1) is 17.3. The molecule has 1 aromatic carbocycles. The van der Waals surface area contributed by atoms with Crippen LogP contribution in [0.5, 0.6) is 11.5 Å². The minimum atomic E-state index is -0.537. The molecule has 140 valence electrons. The zero-order valence-electron chi connectivity index (χ0n) is 15.9. The largest absolute Gasteiger partial charge is 0.497 e. The summed E-state index contributed by atoms with van der Waals surface area (Å²) in [6.45, 7) is 6.71. The zero-order valence-corrected chi connectivity index (χ0v) is 15.9. The van der Waals surface area contributed by atoms with E-state index in [-0.39, 0.29) is 5.91 Å². The fourth-order valence-electron chi connectivity index (χ4n) is 3.41. The molecule has 0 saturated heterocycles. The monoisotopic (exact) mass is 366 g/mol. The van der Waals surface area contributed by atoms with Gasteiger partial charge in [-0.15, -0.1) is 0 Å². The Hall–Kier alpha value is -3.09. The van der Waals surface area contributed by atoms with Gasteiger partial charge in [-0.2, -0.15) is 5.10 Å². The van der Waals surface area contributed by atoms with Crippen LogP contribution in [0.25, 0.3) is 5.65 Å². The van der Waals surface area contributed by atoms with E-state index in [1.807, 2.05) is 45.0 Å². The lowest BCUT2D eigenvalue weighted by Gasteiger charge is -2.29. The number of benzene rings is 1. The number of carbonyl (C=O) groups excluding carboxylic acids is 1. The van der Waals surface area contributed by atoms with E-state index in [9.17, 15) is 4.79 Å². The maximum atomic E-state index is 13.3. The summed E-state index contributed by atoms with van der Waals surface area (Å²) in [7, 11) is 1.63. The molecule has 7 nitrogen and oxygen atoms in total. The number of rotatable bonds is 2. The number of aryl methyl sites for hydroxylation is 1. The first-order chi connectivity index (χ1) is 12.9. The van der Waals surface area contributed by atoms with Crippen LogP contribution >= 0.6 is 0 Å². The molecule has 0 aliphatic carbocycles. The molecule has 27 heavy (non-hydrogen) atoms. The van der Waals surface area contributed by atoms with Gasteiger partial charge in [0, 0.05) is 30.4 Å². The normalized spacial score (nSPS) is 15.8. The molecule has 0 spiro atoms. The zero-order chi connectivity index (χ0) is 19.2. The highest BCUT2D eigenvalue weighted by atomic mass is 16.5. The third-order valence-electron chi connectivity index (χ3n) is 4.68. The molecule has 0 atom stereocenters. The number of carbonyl (C=O) groups is 1. The van der Waals surface area contributed by atoms with Crippen molar-refractivity contribution >= 4 is 11.6 Å². The summed E-state index contributed by atoms with van der Waals surface area (Å²) < 4.78 is 13.1. The fourth-order valence-corrected chi connectivity index (χ4v) is 3.41. The van der Waals surface area contributed by atoms with E-state index in [1.54, 1.807) is 28.9 Å². The molecule has 7 heteroatoms. The third kappa shape index (κ3) is 3.20. The lowest BCUT2D eigenvalue weighted by molar-refractivity contribution is 0.0498. The summed E-state index contributed by atoms with van der Waals surface area (Å²) in [6, 6.07) is 7.50. The van der Waals surface area contributed by atoms with E-state index in [4.69, 9.17) is 9.47 Å². The molecule has 3 heterocycles. The van der Waals surface area contributed by atoms with Gasteiger partial charge in [0.2, 0.25) is 0 Å². The molecule has 0 N–H and O–H groups in total. The number of amides is 1. The van der Waals surface area contributed by atoms with Crippen molar-refractivity contribution in [2.45, 2.75) is 32.9 Å². The quantitative estimate of drug-likeness (QED) is 0.698. The number of ether oxygens (including phenoxy) is 2. The Morgan fingerprint density at radius 1 is 1.30 bits per heavy atom. The molecule has 0 bridgehead atoms. The first-order valence-corrected chi connectivity index (χ1v) is 8.82. The van der Waals surface area contributed by atoms with Crippen LogP contribution in [0.2, 0.25) is 0 Å². The maximum absolute atomic E-state index is 13.3. The molecule has 1 aliphatic rings. The van der Waals surface area contributed by atoms with Crippen LogP contribution in [0, 0.1) is 6.92 Å². The van der Waals surface area contributed by atoms with Gasteiger partial charge in [-0.25, -0.2) is 9.50 Å². The summed E-state index contributed by atoms with van der Waals surface area (Å²) in [6.07, 6.45) is 3.41. The molecule has 3 aromatic rings. The number of hydrogen-bond acceptors (Lipinski definition) is 5. The van der Waals surface area contributed by atoms with Crippen LogP contribution in [0.1, 0.15) is 35.5 Å². The summed E-state index contributed by atoms with van der Waals surface area (Å²) in [5.41, 5.74) is 2.36. The van der Waals surface area contributed by atoms with Gasteiger partial charge in [0.25, 0.3) is 5.91 Å². The Balaban J connectivity index is 1.72. The summed E-state index contributed by atoms with van der Waals surface area (Å²) in [5, 5.41) is 4.20. The lowest BCUT2D eigenvalue weighted by atomic mass is 10.1. The summed E-state index contributed by atoms with van der Waals surface area (Å²) in [4.78, 5) is 19.6. The fraction of sp³-hybridized carbons (Fsp3) is 0.350. The average Bonchev–Trinajstić information content (AvgIpc) is 3.02. The highest BCUT2D eigenvalue weighted by molar-refractivity contribution is 5.95. The van der Waals surface area contributed by atoms with Gasteiger partial charge in [-0.1, -0.05) is 0 Å². The maximum Gasteiger partial charge on any atom is 0.257 e. The Kier molecular flexibility index (Phi) is 4.02. The molecule has 1 amide bonds. The Bertz CT molecular complexity index is 1030. The van der Waals surface area contributed by atoms with Crippen LogP contribution in [-0.2, 0) is 6.54 Å². The number of methoxy groups -OCH3 is 1. The number of hydrogen-bond donors (Lipinski definition) is 0. The minimum Gasteiger partial charge on any atom is -0.497 e. The highest BCUT2D eigenvalue weighted by Crippen LogP contribution is 2.33. The third-order valence-corrected chi connectivity index (χ3v) is 4.68. The summed E-state index contributed by atoms with van der Waals surface area (Å²) in [5.74, 6) is 1.39. The number of nitrogens with zero attached hydrogens (tertiary/aromatic N) is 4. The van der Waals surface area contributed by atoms with Crippen molar-refractivity contribution in [2.75, 3.05) is 13.7 Å². The van der Waals surface area contributed by atoms with Crippen molar-refractivity contribution in [3.8, 4) is 11.5 Å². The molecular formula is C20H22N4O3. The first-order valence-electron chi connectivity index (χ1n) is 8.82. The van der Waals surface area contributed by atoms with E-state index < -0.39 is 5.60 Å². The van der Waals surface area contributed by atoms with Crippen molar-refractivity contribution in [3.05, 3.63) is 53.5 Å². The van der Waals surface area contributed by atoms with E-state index in [0.717, 1.165) is 22.7 Å². The molecule has 0 saturated carbocycles. The lowest BCUT2D eigenvalue weighted by Crippen LogP contribution is -2.43. The highest BCUT2D eigenvalue weighted by Gasteiger charge is 2.33. The minimum absolute atomic E-state index is 0.0854. The van der Waals surface area contributed by atoms with Crippen LogP contribution in [0.4, 0.5) is 0 Å². The van der Waals surface area contributed by atoms with E-state index in [2.05, 4.69) is 10.1 Å². The van der Waals surface area contributed by atoms with Crippen molar-refractivity contribution in [1.29, 1.82) is 0 Å². The molecule has 2 aromatic heterocycles. The molecule has 0 radical (unpaired) electrons. The van der Waals surface area contributed by atoms with Crippen LogP contribution in [0.15, 0.2) is 36.7 Å². The predicted molar refractivity (Wildman–Crippen MR) is 100 cm³/mol. The van der Waals surface area contributed by atoms with Crippen molar-refractivity contribution in [1.82, 2.24) is 19.5 Å². The second kappa shape index (κ2) is 6.26. The standard InChI is InChI=1S/C20H22N4O3/c1-13-16(11-24-18(22-13)7-8-21-24)19(25)23-10-14-5-6-15(26-4)9-17(14)27-20(2,3)12-23/h5-9,11H,10,12H2,1-4H3. The van der Waals surface area contributed by atoms with Crippen LogP contribution in [-0.4, -0.2) is 44.7 Å². The second-order valence-corrected chi connectivity index (χ2v) is 7.37. The molecule has 4 rings (SSSR count).